The quantitative estimate of drug-likeness (QED) is 0.699. The van der Waals surface area contributed by atoms with Crippen molar-refractivity contribution < 1.29 is 9.47 Å². The molecule has 0 bridgehead atoms. The van der Waals surface area contributed by atoms with Gasteiger partial charge >= 0.3 is 0 Å². The molecule has 146 valence electrons. The molecule has 0 radical (unpaired) electrons. The van der Waals surface area contributed by atoms with Crippen molar-refractivity contribution in [3.8, 4) is 17.4 Å². The molecule has 2 heterocycles. The van der Waals surface area contributed by atoms with Crippen LogP contribution in [-0.2, 0) is 6.42 Å². The van der Waals surface area contributed by atoms with Crippen LogP contribution in [0.5, 0.6) is 17.4 Å². The summed E-state index contributed by atoms with van der Waals surface area (Å²) < 4.78 is 12.2. The summed E-state index contributed by atoms with van der Waals surface area (Å²) in [7, 11) is 0. The molecule has 1 aromatic heterocycles. The van der Waals surface area contributed by atoms with E-state index in [1.165, 1.54) is 0 Å². The third-order valence-corrected chi connectivity index (χ3v) is 4.27. The lowest BCUT2D eigenvalue weighted by Crippen LogP contribution is -2.24. The molecule has 0 aliphatic carbocycles. The number of hydrogen-bond donors (Lipinski definition) is 2. The van der Waals surface area contributed by atoms with Gasteiger partial charge in [-0.05, 0) is 47.6 Å². The number of para-hydroxylation sites is 1. The fraction of sp³-hybridized carbons (Fsp3) is 0.500. The topological polar surface area (TPSA) is 68.3 Å². The number of hydrogen-bond acceptors (Lipinski definition) is 6. The van der Waals surface area contributed by atoms with Gasteiger partial charge in [0.2, 0.25) is 11.8 Å². The highest BCUT2D eigenvalue weighted by Crippen LogP contribution is 2.44. The van der Waals surface area contributed by atoms with Gasteiger partial charge in [-0.1, -0.05) is 23.7 Å². The van der Waals surface area contributed by atoms with Gasteiger partial charge < -0.3 is 20.1 Å². The van der Waals surface area contributed by atoms with Crippen LogP contribution < -0.4 is 20.1 Å². The first-order valence-electron chi connectivity index (χ1n) is 9.24. The molecule has 2 N–H and O–H groups in total. The first-order chi connectivity index (χ1) is 12.6. The lowest BCUT2D eigenvalue weighted by Gasteiger charge is -2.19. The van der Waals surface area contributed by atoms with Gasteiger partial charge in [0.15, 0.2) is 17.3 Å². The Morgan fingerprint density at radius 3 is 2.48 bits per heavy atom. The number of rotatable bonds is 6. The molecule has 1 aliphatic heterocycles. The summed E-state index contributed by atoms with van der Waals surface area (Å²) >= 11 is 6.54. The van der Waals surface area contributed by atoms with Gasteiger partial charge in [-0.25, -0.2) is 0 Å². The number of ether oxygens (including phenoxy) is 2. The normalized spacial score (nSPS) is 14.9. The third-order valence-electron chi connectivity index (χ3n) is 3.93. The Morgan fingerprint density at radius 1 is 1.11 bits per heavy atom. The zero-order valence-corrected chi connectivity index (χ0v) is 17.4. The van der Waals surface area contributed by atoms with Crippen LogP contribution in [0.3, 0.4) is 0 Å². The Labute approximate surface area is 165 Å². The molecule has 1 aliphatic rings. The smallest absolute Gasteiger partial charge is 0.245 e. The lowest BCUT2D eigenvalue weighted by molar-refractivity contribution is 0.135. The molecule has 27 heavy (non-hydrogen) atoms. The second-order valence-corrected chi connectivity index (χ2v) is 8.38. The molecule has 0 saturated heterocycles. The number of halogens is 1. The summed E-state index contributed by atoms with van der Waals surface area (Å²) in [5.41, 5.74) is 0.857. The predicted octanol–water partition coefficient (Wildman–Crippen LogP) is 5.28. The van der Waals surface area contributed by atoms with E-state index in [9.17, 15) is 0 Å². The standard InChI is InChI=1S/C20H27ClN4O2/c1-11(2)22-17-15(21)18(25-19(24-17)23-12(3)4)26-14-9-7-8-13-10-20(5,6)27-16(13)14/h7-9,11-12H,10H2,1-6H3,(H2,22,23,24,25). The maximum absolute atomic E-state index is 6.54. The van der Waals surface area contributed by atoms with E-state index >= 15 is 0 Å². The minimum Gasteiger partial charge on any atom is -0.483 e. The van der Waals surface area contributed by atoms with Crippen molar-refractivity contribution in [2.24, 2.45) is 0 Å². The highest BCUT2D eigenvalue weighted by molar-refractivity contribution is 6.34. The largest absolute Gasteiger partial charge is 0.483 e. The summed E-state index contributed by atoms with van der Waals surface area (Å²) in [5.74, 6) is 2.63. The second kappa shape index (κ2) is 7.43. The van der Waals surface area contributed by atoms with Crippen LogP contribution >= 0.6 is 11.6 Å². The van der Waals surface area contributed by atoms with Crippen molar-refractivity contribution >= 4 is 23.4 Å². The summed E-state index contributed by atoms with van der Waals surface area (Å²) in [5, 5.41) is 6.79. The Morgan fingerprint density at radius 2 is 1.81 bits per heavy atom. The summed E-state index contributed by atoms with van der Waals surface area (Å²) in [6, 6.07) is 6.22. The van der Waals surface area contributed by atoms with E-state index in [4.69, 9.17) is 21.1 Å². The molecule has 0 atom stereocenters. The van der Waals surface area contributed by atoms with Crippen LogP contribution in [0.4, 0.5) is 11.8 Å². The van der Waals surface area contributed by atoms with Crippen LogP contribution in [0.15, 0.2) is 18.2 Å². The monoisotopic (exact) mass is 390 g/mol. The van der Waals surface area contributed by atoms with E-state index in [0.29, 0.717) is 28.4 Å². The Kier molecular flexibility index (Phi) is 5.38. The van der Waals surface area contributed by atoms with E-state index in [1.54, 1.807) is 0 Å². The van der Waals surface area contributed by atoms with Crippen molar-refractivity contribution in [1.29, 1.82) is 0 Å². The van der Waals surface area contributed by atoms with Crippen molar-refractivity contribution in [1.82, 2.24) is 9.97 Å². The van der Waals surface area contributed by atoms with Gasteiger partial charge in [0.1, 0.15) is 10.6 Å². The Hall–Kier alpha value is -2.21. The summed E-state index contributed by atoms with van der Waals surface area (Å²) in [6.45, 7) is 12.2. The molecular weight excluding hydrogens is 364 g/mol. The Balaban J connectivity index is 1.99. The highest BCUT2D eigenvalue weighted by atomic mass is 35.5. The zero-order valence-electron chi connectivity index (χ0n) is 16.7. The van der Waals surface area contributed by atoms with Crippen molar-refractivity contribution in [2.75, 3.05) is 10.6 Å². The summed E-state index contributed by atoms with van der Waals surface area (Å²) in [4.78, 5) is 8.94. The molecule has 0 spiro atoms. The molecular formula is C20H27ClN4O2. The highest BCUT2D eigenvalue weighted by Gasteiger charge is 2.32. The van der Waals surface area contributed by atoms with E-state index in [2.05, 4.69) is 40.5 Å². The van der Waals surface area contributed by atoms with Gasteiger partial charge in [0.05, 0.1) is 0 Å². The van der Waals surface area contributed by atoms with E-state index < -0.39 is 0 Å². The number of anilines is 2. The fourth-order valence-electron chi connectivity index (χ4n) is 2.96. The van der Waals surface area contributed by atoms with Crippen LogP contribution in [0.2, 0.25) is 5.02 Å². The van der Waals surface area contributed by atoms with Gasteiger partial charge in [0, 0.05) is 24.1 Å². The number of benzene rings is 1. The second-order valence-electron chi connectivity index (χ2n) is 8.00. The van der Waals surface area contributed by atoms with Gasteiger partial charge in [-0.3, -0.25) is 0 Å². The molecule has 6 nitrogen and oxygen atoms in total. The average molecular weight is 391 g/mol. The minimum absolute atomic E-state index is 0.169. The number of nitrogens with one attached hydrogen (secondary N) is 2. The molecule has 0 fully saturated rings. The average Bonchev–Trinajstić information content (AvgIpc) is 2.85. The first-order valence-corrected chi connectivity index (χ1v) is 9.62. The molecule has 7 heteroatoms. The van der Waals surface area contributed by atoms with Gasteiger partial charge in [0.25, 0.3) is 0 Å². The first kappa shape index (κ1) is 19.5. The third kappa shape index (κ3) is 4.56. The molecule has 2 aromatic rings. The van der Waals surface area contributed by atoms with E-state index in [0.717, 1.165) is 17.7 Å². The van der Waals surface area contributed by atoms with Crippen LogP contribution in [0.25, 0.3) is 0 Å². The van der Waals surface area contributed by atoms with Crippen LogP contribution in [0.1, 0.15) is 47.1 Å². The van der Waals surface area contributed by atoms with E-state index in [1.807, 2.05) is 39.8 Å². The molecule has 0 unspecified atom stereocenters. The molecule has 0 amide bonds. The van der Waals surface area contributed by atoms with Crippen LogP contribution in [-0.4, -0.2) is 27.7 Å². The minimum atomic E-state index is -0.258. The van der Waals surface area contributed by atoms with Crippen LogP contribution in [0, 0.1) is 0 Å². The van der Waals surface area contributed by atoms with E-state index in [-0.39, 0.29) is 17.7 Å². The number of fused-ring (bicyclic) bond motifs is 1. The van der Waals surface area contributed by atoms with Gasteiger partial charge in [-0.2, -0.15) is 9.97 Å². The SMILES string of the molecule is CC(C)Nc1nc(NC(C)C)c(Cl)c(Oc2cccc3c2OC(C)(C)C3)n1. The Bertz CT molecular complexity index is 837. The summed E-state index contributed by atoms with van der Waals surface area (Å²) in [6.07, 6.45) is 0.831. The maximum atomic E-state index is 6.54. The number of nitrogens with zero attached hydrogens (tertiary/aromatic N) is 2. The predicted molar refractivity (Wildman–Crippen MR) is 109 cm³/mol. The van der Waals surface area contributed by atoms with Crippen molar-refractivity contribution in [3.63, 3.8) is 0 Å². The zero-order chi connectivity index (χ0) is 19.8. The maximum Gasteiger partial charge on any atom is 0.245 e. The van der Waals surface area contributed by atoms with Crippen molar-refractivity contribution in [2.45, 2.75) is 65.6 Å². The lowest BCUT2D eigenvalue weighted by atomic mass is 10.0. The fourth-order valence-corrected chi connectivity index (χ4v) is 3.14. The molecule has 0 saturated carbocycles. The molecule has 1 aromatic carbocycles. The van der Waals surface area contributed by atoms with Crippen molar-refractivity contribution in [3.05, 3.63) is 28.8 Å². The number of aromatic nitrogens is 2. The molecule has 3 rings (SSSR count). The van der Waals surface area contributed by atoms with Gasteiger partial charge in [-0.15, -0.1) is 0 Å².